The van der Waals surface area contributed by atoms with Crippen molar-refractivity contribution in [3.05, 3.63) is 17.7 Å². The van der Waals surface area contributed by atoms with Crippen LogP contribution in [0, 0.1) is 6.92 Å². The molecule has 2 heterocycles. The number of nitrogens with zero attached hydrogens (tertiary/aromatic N) is 3. The molecule has 1 aromatic rings. The van der Waals surface area contributed by atoms with Gasteiger partial charge in [-0.05, 0) is 6.92 Å². The number of nitrogens with two attached hydrogens (primary N) is 1. The van der Waals surface area contributed by atoms with Crippen LogP contribution >= 0.6 is 11.8 Å². The molecule has 0 aromatic carbocycles. The van der Waals surface area contributed by atoms with Crippen LogP contribution in [0.2, 0.25) is 0 Å². The summed E-state index contributed by atoms with van der Waals surface area (Å²) in [4.78, 5) is 11.2. The number of aromatic nitrogens is 2. The van der Waals surface area contributed by atoms with Crippen molar-refractivity contribution in [2.75, 3.05) is 12.3 Å². The highest BCUT2D eigenvalue weighted by molar-refractivity contribution is 7.98. The molecule has 10 heteroatoms. The first-order valence-corrected chi connectivity index (χ1v) is 8.07. The van der Waals surface area contributed by atoms with E-state index in [1.54, 1.807) is 18.1 Å². The molecule has 0 aliphatic carbocycles. The van der Waals surface area contributed by atoms with E-state index in [-0.39, 0.29) is 11.7 Å². The Balaban J connectivity index is 1.76. The third-order valence-electron chi connectivity index (χ3n) is 2.37. The molecule has 0 atom stereocenters. The third-order valence-corrected chi connectivity index (χ3v) is 4.20. The number of amidine groups is 2. The van der Waals surface area contributed by atoms with E-state index >= 15 is 0 Å². The highest BCUT2D eigenvalue weighted by Gasteiger charge is 2.23. The zero-order valence-corrected chi connectivity index (χ0v) is 11.9. The quantitative estimate of drug-likeness (QED) is 0.635. The smallest absolute Gasteiger partial charge is 0.345 e. The first kappa shape index (κ1) is 13.9. The average Bonchev–Trinajstić information content (AvgIpc) is 2.82. The van der Waals surface area contributed by atoms with Gasteiger partial charge in [0.25, 0.3) is 0 Å². The van der Waals surface area contributed by atoms with Crippen LogP contribution in [-0.4, -0.2) is 42.4 Å². The van der Waals surface area contributed by atoms with E-state index in [0.29, 0.717) is 6.54 Å². The fraction of sp³-hybridized carbons (Fsp3) is 0.444. The first-order chi connectivity index (χ1) is 8.98. The minimum Gasteiger partial charge on any atom is -0.380 e. The number of thioether (sulfide) groups is 1. The molecule has 8 nitrogen and oxygen atoms in total. The number of nitrogens with one attached hydrogen (secondary N) is 2. The van der Waals surface area contributed by atoms with Crippen molar-refractivity contribution in [3.8, 4) is 0 Å². The van der Waals surface area contributed by atoms with Crippen LogP contribution in [-0.2, 0) is 16.0 Å². The molecule has 19 heavy (non-hydrogen) atoms. The van der Waals surface area contributed by atoms with Crippen molar-refractivity contribution in [2.24, 2.45) is 15.1 Å². The summed E-state index contributed by atoms with van der Waals surface area (Å²) in [6.07, 6.45) is 1.66. The van der Waals surface area contributed by atoms with E-state index in [2.05, 4.69) is 24.1 Å². The van der Waals surface area contributed by atoms with Gasteiger partial charge >= 0.3 is 10.2 Å². The summed E-state index contributed by atoms with van der Waals surface area (Å²) in [7, 11) is -3.67. The van der Waals surface area contributed by atoms with Crippen molar-refractivity contribution >= 4 is 33.6 Å². The fourth-order valence-electron chi connectivity index (χ4n) is 1.41. The maximum Gasteiger partial charge on any atom is 0.345 e. The zero-order valence-electron chi connectivity index (χ0n) is 10.3. The molecule has 1 aromatic heterocycles. The maximum atomic E-state index is 11.1. The molecule has 4 N–H and O–H groups in total. The van der Waals surface area contributed by atoms with Crippen LogP contribution in [0.4, 0.5) is 0 Å². The Morgan fingerprint density at radius 1 is 1.53 bits per heavy atom. The van der Waals surface area contributed by atoms with Gasteiger partial charge in [0.05, 0.1) is 18.6 Å². The lowest BCUT2D eigenvalue weighted by Gasteiger charge is -1.99. The Kier molecular flexibility index (Phi) is 4.10. The molecule has 1 aliphatic heterocycles. The number of imidazole rings is 1. The largest absolute Gasteiger partial charge is 0.380 e. The van der Waals surface area contributed by atoms with Gasteiger partial charge in [0.2, 0.25) is 0 Å². The lowest BCUT2D eigenvalue weighted by molar-refractivity contribution is 0.596. The number of aliphatic imine (C=N–C) groups is 1. The van der Waals surface area contributed by atoms with Gasteiger partial charge < -0.3 is 10.7 Å². The van der Waals surface area contributed by atoms with Crippen molar-refractivity contribution in [1.82, 2.24) is 14.7 Å². The van der Waals surface area contributed by atoms with Crippen LogP contribution in [0.25, 0.3) is 0 Å². The van der Waals surface area contributed by atoms with Crippen LogP contribution in [0.1, 0.15) is 11.4 Å². The fourth-order valence-corrected chi connectivity index (χ4v) is 3.06. The van der Waals surface area contributed by atoms with Crippen LogP contribution < -0.4 is 10.5 Å². The molecule has 0 spiro atoms. The second-order valence-electron chi connectivity index (χ2n) is 3.81. The van der Waals surface area contributed by atoms with E-state index in [1.165, 1.54) is 0 Å². The van der Waals surface area contributed by atoms with E-state index in [4.69, 9.17) is 5.73 Å². The van der Waals surface area contributed by atoms with E-state index in [0.717, 1.165) is 22.9 Å². The van der Waals surface area contributed by atoms with Crippen molar-refractivity contribution < 1.29 is 8.42 Å². The van der Waals surface area contributed by atoms with Crippen LogP contribution in [0.5, 0.6) is 0 Å². The molecule has 0 radical (unpaired) electrons. The summed E-state index contributed by atoms with van der Waals surface area (Å²) in [6, 6.07) is 0. The number of hydrogen-bond donors (Lipinski definition) is 3. The summed E-state index contributed by atoms with van der Waals surface area (Å²) in [5.74, 6) is 1.56. The average molecular weight is 302 g/mol. The van der Waals surface area contributed by atoms with Gasteiger partial charge in [-0.3, -0.25) is 4.99 Å². The molecular weight excluding hydrogens is 288 g/mol. The highest BCUT2D eigenvalue weighted by Crippen LogP contribution is 2.12. The third kappa shape index (κ3) is 3.70. The Bertz CT molecular complexity index is 618. The molecule has 0 saturated carbocycles. The standard InChI is InChI=1S/C9H14N6O2S2/c1-6-7(13-5-12-6)4-18-3-2-11-9-8(10)14-19(16,17)15-9/h5H,2-4H2,1H3,(H2,10,14)(H,11,15)(H,12,13). The second-order valence-corrected chi connectivity index (χ2v) is 6.25. The summed E-state index contributed by atoms with van der Waals surface area (Å²) in [5, 5.41) is 0. The summed E-state index contributed by atoms with van der Waals surface area (Å²) >= 11 is 1.66. The summed E-state index contributed by atoms with van der Waals surface area (Å²) < 4.78 is 27.5. The van der Waals surface area contributed by atoms with Crippen LogP contribution in [0.3, 0.4) is 0 Å². The molecule has 2 rings (SSSR count). The summed E-state index contributed by atoms with van der Waals surface area (Å²) in [5.41, 5.74) is 7.49. The summed E-state index contributed by atoms with van der Waals surface area (Å²) in [6.45, 7) is 2.43. The van der Waals surface area contributed by atoms with E-state index in [1.807, 2.05) is 6.92 Å². The second kappa shape index (κ2) is 5.61. The molecule has 104 valence electrons. The molecule has 0 unspecified atom stereocenters. The number of rotatable bonds is 5. The minimum absolute atomic E-state index is 0.0897. The van der Waals surface area contributed by atoms with Gasteiger partial charge in [0.15, 0.2) is 11.7 Å². The molecule has 0 bridgehead atoms. The Labute approximate surface area is 115 Å². The predicted octanol–water partition coefficient (Wildman–Crippen LogP) is -0.445. The van der Waals surface area contributed by atoms with Crippen molar-refractivity contribution in [1.29, 1.82) is 0 Å². The lowest BCUT2D eigenvalue weighted by atomic mass is 10.4. The van der Waals surface area contributed by atoms with Gasteiger partial charge in [-0.15, -0.1) is 4.40 Å². The molecular formula is C9H14N6O2S2. The van der Waals surface area contributed by atoms with Gasteiger partial charge in [0, 0.05) is 17.2 Å². The molecule has 0 saturated heterocycles. The van der Waals surface area contributed by atoms with Crippen LogP contribution in [0.15, 0.2) is 15.7 Å². The minimum atomic E-state index is -3.67. The lowest BCUT2D eigenvalue weighted by Crippen LogP contribution is -2.31. The number of aryl methyl sites for hydroxylation is 1. The van der Waals surface area contributed by atoms with Gasteiger partial charge in [-0.2, -0.15) is 20.2 Å². The number of H-pyrrole nitrogens is 1. The maximum absolute atomic E-state index is 11.1. The molecule has 1 aliphatic rings. The zero-order chi connectivity index (χ0) is 13.9. The van der Waals surface area contributed by atoms with Crippen molar-refractivity contribution in [2.45, 2.75) is 12.7 Å². The predicted molar refractivity (Wildman–Crippen MR) is 75.5 cm³/mol. The topological polar surface area (TPSA) is 126 Å². The van der Waals surface area contributed by atoms with Gasteiger partial charge in [-0.1, -0.05) is 0 Å². The molecule has 0 fully saturated rings. The van der Waals surface area contributed by atoms with Gasteiger partial charge in [0.1, 0.15) is 0 Å². The Morgan fingerprint density at radius 2 is 2.32 bits per heavy atom. The SMILES string of the molecule is Cc1[nH]cnc1CSCCN=C1NS(=O)(=O)N=C1N. The first-order valence-electron chi connectivity index (χ1n) is 5.47. The Morgan fingerprint density at radius 3 is 2.89 bits per heavy atom. The van der Waals surface area contributed by atoms with Gasteiger partial charge in [-0.25, -0.2) is 9.71 Å². The van der Waals surface area contributed by atoms with E-state index in [9.17, 15) is 8.42 Å². The monoisotopic (exact) mass is 302 g/mol. The highest BCUT2D eigenvalue weighted by atomic mass is 32.2. The van der Waals surface area contributed by atoms with E-state index < -0.39 is 10.2 Å². The van der Waals surface area contributed by atoms with Crippen molar-refractivity contribution in [3.63, 3.8) is 0 Å². The number of aromatic amines is 1. The normalized spacial score (nSPS) is 19.4. The Hall–Kier alpha value is -1.55. The number of hydrogen-bond acceptors (Lipinski definition) is 6. The molecule has 0 amide bonds.